The third-order valence-corrected chi connectivity index (χ3v) is 4.71. The molecule has 2 heteroatoms. The zero-order valence-corrected chi connectivity index (χ0v) is 12.9. The van der Waals surface area contributed by atoms with E-state index in [0.717, 1.165) is 13.1 Å². The molecule has 102 valence electrons. The number of hydrogen-bond donors (Lipinski definition) is 1. The van der Waals surface area contributed by atoms with Gasteiger partial charge in [-0.25, -0.2) is 0 Å². The average Bonchev–Trinajstić information content (AvgIpc) is 2.88. The topological polar surface area (TPSA) is 12.0 Å². The van der Waals surface area contributed by atoms with Crippen LogP contribution in [0, 0.1) is 5.41 Å². The van der Waals surface area contributed by atoms with Crippen molar-refractivity contribution in [3.63, 3.8) is 0 Å². The van der Waals surface area contributed by atoms with Crippen molar-refractivity contribution in [2.75, 3.05) is 6.54 Å². The van der Waals surface area contributed by atoms with Crippen molar-refractivity contribution in [3.05, 3.63) is 47.3 Å². The van der Waals surface area contributed by atoms with E-state index >= 15 is 0 Å². The monoisotopic (exact) mass is 273 g/mol. The second kappa shape index (κ2) is 6.36. The van der Waals surface area contributed by atoms with E-state index in [2.05, 4.69) is 68.6 Å². The Kier molecular flexibility index (Phi) is 4.78. The van der Waals surface area contributed by atoms with Crippen molar-refractivity contribution in [2.24, 2.45) is 5.41 Å². The molecule has 0 saturated heterocycles. The lowest BCUT2D eigenvalue weighted by Gasteiger charge is -2.22. The Hall–Kier alpha value is -1.12. The van der Waals surface area contributed by atoms with Gasteiger partial charge in [0, 0.05) is 22.8 Å². The first kappa shape index (κ1) is 14.3. The zero-order valence-electron chi connectivity index (χ0n) is 12.1. The molecule has 0 atom stereocenters. The van der Waals surface area contributed by atoms with Crippen molar-refractivity contribution < 1.29 is 0 Å². The number of benzene rings is 1. The number of rotatable bonds is 6. The fraction of sp³-hybridized carbons (Fsp3) is 0.412. The summed E-state index contributed by atoms with van der Waals surface area (Å²) in [5, 5.41) is 3.57. The molecule has 1 heterocycles. The maximum absolute atomic E-state index is 3.57. The van der Waals surface area contributed by atoms with E-state index in [1.54, 1.807) is 0 Å². The molecule has 2 rings (SSSR count). The molecule has 0 fully saturated rings. The average molecular weight is 273 g/mol. The predicted molar refractivity (Wildman–Crippen MR) is 85.5 cm³/mol. The molecule has 0 aliphatic rings. The summed E-state index contributed by atoms with van der Waals surface area (Å²) in [5.41, 5.74) is 1.70. The summed E-state index contributed by atoms with van der Waals surface area (Å²) in [4.78, 5) is 2.76. The smallest absolute Gasteiger partial charge is 0.0346 e. The van der Waals surface area contributed by atoms with Gasteiger partial charge in [0.25, 0.3) is 0 Å². The Balaban J connectivity index is 1.92. The van der Waals surface area contributed by atoms with Crippen molar-refractivity contribution in [1.29, 1.82) is 0 Å². The highest BCUT2D eigenvalue weighted by molar-refractivity contribution is 7.15. The molecule has 0 bridgehead atoms. The highest BCUT2D eigenvalue weighted by Gasteiger charge is 2.14. The number of nitrogens with one attached hydrogen (secondary N) is 1. The van der Waals surface area contributed by atoms with Gasteiger partial charge in [-0.2, -0.15) is 0 Å². The van der Waals surface area contributed by atoms with E-state index in [9.17, 15) is 0 Å². The second-order valence-electron chi connectivity index (χ2n) is 5.75. The SMILES string of the molecule is CCC(C)(C)CNCc1ccc(-c2ccccc2)s1. The van der Waals surface area contributed by atoms with Gasteiger partial charge in [-0.05, 0) is 29.5 Å². The normalized spacial score (nSPS) is 11.7. The molecule has 1 aromatic heterocycles. The van der Waals surface area contributed by atoms with E-state index in [4.69, 9.17) is 0 Å². The van der Waals surface area contributed by atoms with Crippen molar-refractivity contribution >= 4 is 11.3 Å². The van der Waals surface area contributed by atoms with Crippen LogP contribution >= 0.6 is 11.3 Å². The van der Waals surface area contributed by atoms with Crippen LogP contribution in [0.4, 0.5) is 0 Å². The highest BCUT2D eigenvalue weighted by Crippen LogP contribution is 2.28. The van der Waals surface area contributed by atoms with Crippen LogP contribution < -0.4 is 5.32 Å². The summed E-state index contributed by atoms with van der Waals surface area (Å²) >= 11 is 1.88. The first-order valence-electron chi connectivity index (χ1n) is 6.95. The molecule has 19 heavy (non-hydrogen) atoms. The first-order valence-corrected chi connectivity index (χ1v) is 7.77. The van der Waals surface area contributed by atoms with Crippen molar-refractivity contribution in [1.82, 2.24) is 5.32 Å². The van der Waals surface area contributed by atoms with Gasteiger partial charge in [-0.15, -0.1) is 11.3 Å². The maximum atomic E-state index is 3.57. The minimum absolute atomic E-state index is 0.388. The molecular formula is C17H23NS. The van der Waals surface area contributed by atoms with Gasteiger partial charge in [-0.1, -0.05) is 51.1 Å². The molecule has 0 radical (unpaired) electrons. The fourth-order valence-corrected chi connectivity index (χ4v) is 2.86. The number of thiophene rings is 1. The molecule has 1 aromatic carbocycles. The minimum atomic E-state index is 0.388. The van der Waals surface area contributed by atoms with Gasteiger partial charge >= 0.3 is 0 Å². The lowest BCUT2D eigenvalue weighted by atomic mass is 9.90. The Bertz CT molecular complexity index is 499. The molecule has 0 aliphatic heterocycles. The first-order chi connectivity index (χ1) is 9.11. The summed E-state index contributed by atoms with van der Waals surface area (Å²) in [6.07, 6.45) is 1.21. The summed E-state index contributed by atoms with van der Waals surface area (Å²) in [7, 11) is 0. The molecule has 2 aromatic rings. The Labute approximate surface area is 120 Å². The fourth-order valence-electron chi connectivity index (χ4n) is 1.88. The minimum Gasteiger partial charge on any atom is -0.311 e. The molecule has 1 nitrogen and oxygen atoms in total. The highest BCUT2D eigenvalue weighted by atomic mass is 32.1. The van der Waals surface area contributed by atoms with Gasteiger partial charge < -0.3 is 5.32 Å². The summed E-state index contributed by atoms with van der Waals surface area (Å²) in [6.45, 7) is 8.91. The molecule has 0 unspecified atom stereocenters. The number of hydrogen-bond acceptors (Lipinski definition) is 2. The molecule has 1 N–H and O–H groups in total. The van der Waals surface area contributed by atoms with E-state index in [1.807, 2.05) is 11.3 Å². The summed E-state index contributed by atoms with van der Waals surface area (Å²) in [5.74, 6) is 0. The quantitative estimate of drug-likeness (QED) is 0.786. The third kappa shape index (κ3) is 4.19. The van der Waals surface area contributed by atoms with E-state index in [1.165, 1.54) is 21.7 Å². The molecule has 0 spiro atoms. The Morgan fingerprint density at radius 2 is 1.79 bits per heavy atom. The lowest BCUT2D eigenvalue weighted by Crippen LogP contribution is -2.28. The Morgan fingerprint density at radius 3 is 2.47 bits per heavy atom. The molecule has 0 aliphatic carbocycles. The maximum Gasteiger partial charge on any atom is 0.0346 e. The summed E-state index contributed by atoms with van der Waals surface area (Å²) in [6, 6.07) is 15.0. The van der Waals surface area contributed by atoms with Gasteiger partial charge in [0.15, 0.2) is 0 Å². The van der Waals surface area contributed by atoms with Gasteiger partial charge in [0.2, 0.25) is 0 Å². The summed E-state index contributed by atoms with van der Waals surface area (Å²) < 4.78 is 0. The molecule has 0 amide bonds. The van der Waals surface area contributed by atoms with Crippen molar-refractivity contribution in [2.45, 2.75) is 33.7 Å². The predicted octanol–water partition coefficient (Wildman–Crippen LogP) is 4.94. The van der Waals surface area contributed by atoms with Crippen LogP contribution in [-0.2, 0) is 6.54 Å². The van der Waals surface area contributed by atoms with Gasteiger partial charge in [0.05, 0.1) is 0 Å². The standard InChI is InChI=1S/C17H23NS/c1-4-17(2,3)13-18-12-15-10-11-16(19-15)14-8-6-5-7-9-14/h5-11,18H,4,12-13H2,1-3H3. The molecule has 0 saturated carbocycles. The van der Waals surface area contributed by atoms with E-state index in [-0.39, 0.29) is 0 Å². The zero-order chi connectivity index (χ0) is 13.7. The second-order valence-corrected chi connectivity index (χ2v) is 6.92. The van der Waals surface area contributed by atoms with Crippen LogP contribution in [0.25, 0.3) is 10.4 Å². The van der Waals surface area contributed by atoms with Crippen LogP contribution in [0.5, 0.6) is 0 Å². The van der Waals surface area contributed by atoms with Crippen LogP contribution in [0.1, 0.15) is 32.1 Å². The van der Waals surface area contributed by atoms with Crippen LogP contribution in [0.2, 0.25) is 0 Å². The van der Waals surface area contributed by atoms with E-state index in [0.29, 0.717) is 5.41 Å². The largest absolute Gasteiger partial charge is 0.311 e. The third-order valence-electron chi connectivity index (χ3n) is 3.58. The lowest BCUT2D eigenvalue weighted by molar-refractivity contribution is 0.328. The van der Waals surface area contributed by atoms with Crippen LogP contribution in [0.15, 0.2) is 42.5 Å². The van der Waals surface area contributed by atoms with E-state index < -0.39 is 0 Å². The van der Waals surface area contributed by atoms with Gasteiger partial charge in [-0.3, -0.25) is 0 Å². The molecular weight excluding hydrogens is 250 g/mol. The van der Waals surface area contributed by atoms with Crippen LogP contribution in [-0.4, -0.2) is 6.54 Å². The van der Waals surface area contributed by atoms with Crippen molar-refractivity contribution in [3.8, 4) is 10.4 Å². The Morgan fingerprint density at radius 1 is 1.05 bits per heavy atom. The van der Waals surface area contributed by atoms with Gasteiger partial charge in [0.1, 0.15) is 0 Å². The van der Waals surface area contributed by atoms with Crippen LogP contribution in [0.3, 0.4) is 0 Å².